The first-order chi connectivity index (χ1) is 5.54. The molecule has 0 fully saturated rings. The fourth-order valence-corrected chi connectivity index (χ4v) is 0.519. The Balaban J connectivity index is 3.65. The highest BCUT2D eigenvalue weighted by Crippen LogP contribution is 2.19. The van der Waals surface area contributed by atoms with E-state index < -0.39 is 11.0 Å². The summed E-state index contributed by atoms with van der Waals surface area (Å²) in [5, 5.41) is 4.16. The van der Waals surface area contributed by atoms with Gasteiger partial charge in [-0.25, -0.2) is 4.79 Å². The van der Waals surface area contributed by atoms with Gasteiger partial charge in [-0.05, 0) is 24.8 Å². The Morgan fingerprint density at radius 2 is 1.92 bits per heavy atom. The maximum Gasteiger partial charge on any atom is 0.438 e. The number of hydrogen-bond acceptors (Lipinski definition) is 4. The third-order valence-corrected chi connectivity index (χ3v) is 1.89. The van der Waals surface area contributed by atoms with Gasteiger partial charge in [-0.1, -0.05) is 13.8 Å². The lowest BCUT2D eigenvalue weighted by Gasteiger charge is -2.22. The molecule has 0 spiro atoms. The standard InChI is InChI=1S/C7H13ClO4/c1-4-7(3,5-2)11-12-10-6(8)9/h4-5H2,1-3H3. The van der Waals surface area contributed by atoms with Gasteiger partial charge in [0.15, 0.2) is 0 Å². The van der Waals surface area contributed by atoms with Gasteiger partial charge < -0.3 is 0 Å². The van der Waals surface area contributed by atoms with Crippen molar-refractivity contribution in [1.82, 2.24) is 0 Å². The van der Waals surface area contributed by atoms with Crippen LogP contribution in [-0.4, -0.2) is 11.0 Å². The zero-order valence-corrected chi connectivity index (χ0v) is 8.18. The topological polar surface area (TPSA) is 44.8 Å². The molecule has 0 radical (unpaired) electrons. The third kappa shape index (κ3) is 4.54. The minimum atomic E-state index is -1.05. The number of carbonyl (C=O) groups is 1. The summed E-state index contributed by atoms with van der Waals surface area (Å²) in [6.45, 7) is 5.72. The van der Waals surface area contributed by atoms with Gasteiger partial charge in [0.25, 0.3) is 0 Å². The lowest BCUT2D eigenvalue weighted by molar-refractivity contribution is -0.513. The van der Waals surface area contributed by atoms with Crippen molar-refractivity contribution < 1.29 is 19.6 Å². The molecule has 0 aliphatic carbocycles. The number of halogens is 1. The Morgan fingerprint density at radius 1 is 1.42 bits per heavy atom. The third-order valence-electron chi connectivity index (χ3n) is 1.83. The fourth-order valence-electron chi connectivity index (χ4n) is 0.494. The summed E-state index contributed by atoms with van der Waals surface area (Å²) in [4.78, 5) is 18.8. The highest BCUT2D eigenvalue weighted by Gasteiger charge is 2.22. The van der Waals surface area contributed by atoms with E-state index in [1.54, 1.807) is 0 Å². The molecule has 0 bridgehead atoms. The Morgan fingerprint density at radius 3 is 2.25 bits per heavy atom. The Bertz CT molecular complexity index is 144. The van der Waals surface area contributed by atoms with Crippen molar-refractivity contribution in [2.45, 2.75) is 39.2 Å². The minimum Gasteiger partial charge on any atom is -0.250 e. The number of rotatable bonds is 5. The molecule has 0 atom stereocenters. The molecule has 0 heterocycles. The van der Waals surface area contributed by atoms with Gasteiger partial charge >= 0.3 is 5.43 Å². The molecule has 0 aliphatic rings. The summed E-state index contributed by atoms with van der Waals surface area (Å²) in [6, 6.07) is 0. The van der Waals surface area contributed by atoms with E-state index in [0.29, 0.717) is 0 Å². The average molecular weight is 197 g/mol. The lowest BCUT2D eigenvalue weighted by atomic mass is 10.0. The lowest BCUT2D eigenvalue weighted by Crippen LogP contribution is -2.27. The van der Waals surface area contributed by atoms with E-state index in [4.69, 9.17) is 16.5 Å². The first-order valence-corrected chi connectivity index (χ1v) is 4.13. The van der Waals surface area contributed by atoms with Crippen LogP contribution in [0.1, 0.15) is 33.6 Å². The minimum absolute atomic E-state index is 0.438. The van der Waals surface area contributed by atoms with Gasteiger partial charge in [-0.2, -0.15) is 4.89 Å². The second-order valence-electron chi connectivity index (χ2n) is 2.63. The summed E-state index contributed by atoms with van der Waals surface area (Å²) in [6.07, 6.45) is 1.51. The molecule has 0 aromatic heterocycles. The zero-order chi connectivity index (χ0) is 9.61. The van der Waals surface area contributed by atoms with Gasteiger partial charge in [0.2, 0.25) is 0 Å². The average Bonchev–Trinajstić information content (AvgIpc) is 2.03. The van der Waals surface area contributed by atoms with Crippen molar-refractivity contribution >= 4 is 17.0 Å². The van der Waals surface area contributed by atoms with Crippen molar-refractivity contribution in [2.75, 3.05) is 0 Å². The van der Waals surface area contributed by atoms with E-state index in [-0.39, 0.29) is 0 Å². The molecule has 0 rings (SSSR count). The molecule has 0 aromatic carbocycles. The maximum atomic E-state index is 10.0. The monoisotopic (exact) mass is 196 g/mol. The molecule has 12 heavy (non-hydrogen) atoms. The van der Waals surface area contributed by atoms with Crippen LogP contribution in [0.3, 0.4) is 0 Å². The van der Waals surface area contributed by atoms with Crippen molar-refractivity contribution in [2.24, 2.45) is 0 Å². The molecule has 4 nitrogen and oxygen atoms in total. The maximum absolute atomic E-state index is 10.0. The van der Waals surface area contributed by atoms with Crippen LogP contribution >= 0.6 is 11.6 Å². The molecule has 0 aliphatic heterocycles. The predicted molar refractivity (Wildman–Crippen MR) is 43.5 cm³/mol. The molecule has 0 amide bonds. The summed E-state index contributed by atoms with van der Waals surface area (Å²) in [5.74, 6) is 0. The van der Waals surface area contributed by atoms with E-state index in [1.165, 1.54) is 0 Å². The van der Waals surface area contributed by atoms with Gasteiger partial charge in [0, 0.05) is 11.6 Å². The molecule has 0 saturated heterocycles. The van der Waals surface area contributed by atoms with Crippen LogP contribution in [0.5, 0.6) is 0 Å². The normalized spacial score (nSPS) is 11.3. The Kier molecular flexibility index (Phi) is 5.20. The zero-order valence-electron chi connectivity index (χ0n) is 7.43. The summed E-state index contributed by atoms with van der Waals surface area (Å²) < 4.78 is 0. The van der Waals surface area contributed by atoms with E-state index in [0.717, 1.165) is 12.8 Å². The first-order valence-electron chi connectivity index (χ1n) is 3.76. The van der Waals surface area contributed by atoms with Crippen LogP contribution in [0, 0.1) is 0 Å². The van der Waals surface area contributed by atoms with E-state index in [2.05, 4.69) is 9.93 Å². The molecule has 0 unspecified atom stereocenters. The van der Waals surface area contributed by atoms with E-state index in [9.17, 15) is 4.79 Å². The summed E-state index contributed by atoms with van der Waals surface area (Å²) in [5.41, 5.74) is -1.49. The first kappa shape index (κ1) is 11.7. The van der Waals surface area contributed by atoms with Gasteiger partial charge in [0.1, 0.15) is 5.60 Å². The van der Waals surface area contributed by atoms with Crippen LogP contribution in [0.2, 0.25) is 0 Å². The van der Waals surface area contributed by atoms with E-state index >= 15 is 0 Å². The highest BCUT2D eigenvalue weighted by atomic mass is 35.5. The van der Waals surface area contributed by atoms with Crippen LogP contribution in [0.25, 0.3) is 0 Å². The molecule has 0 aromatic rings. The fraction of sp³-hybridized carbons (Fsp3) is 0.857. The summed E-state index contributed by atoms with van der Waals surface area (Å²) in [7, 11) is 0. The SMILES string of the molecule is CCC(C)(CC)OOOC(=O)Cl. The Labute approximate surface area is 76.6 Å². The van der Waals surface area contributed by atoms with Crippen LogP contribution < -0.4 is 0 Å². The molecular weight excluding hydrogens is 184 g/mol. The van der Waals surface area contributed by atoms with Gasteiger partial charge in [-0.15, -0.1) is 0 Å². The second kappa shape index (κ2) is 5.35. The second-order valence-corrected chi connectivity index (χ2v) is 2.94. The quantitative estimate of drug-likeness (QED) is 0.385. The Hall–Kier alpha value is -0.320. The highest BCUT2D eigenvalue weighted by molar-refractivity contribution is 6.61. The van der Waals surface area contributed by atoms with Crippen LogP contribution in [-0.2, 0) is 14.8 Å². The van der Waals surface area contributed by atoms with Crippen molar-refractivity contribution in [3.05, 3.63) is 0 Å². The van der Waals surface area contributed by atoms with E-state index in [1.807, 2.05) is 20.8 Å². The molecular formula is C7H13ClO4. The van der Waals surface area contributed by atoms with Crippen LogP contribution in [0.15, 0.2) is 0 Å². The number of hydrogen-bond donors (Lipinski definition) is 0. The predicted octanol–water partition coefficient (Wildman–Crippen LogP) is 2.80. The number of carbonyl (C=O) groups excluding carboxylic acids is 1. The van der Waals surface area contributed by atoms with Crippen LogP contribution in [0.4, 0.5) is 4.79 Å². The van der Waals surface area contributed by atoms with Gasteiger partial charge in [-0.3, -0.25) is 4.89 Å². The smallest absolute Gasteiger partial charge is 0.250 e. The van der Waals surface area contributed by atoms with Crippen molar-refractivity contribution in [1.29, 1.82) is 0 Å². The molecule has 5 heteroatoms. The summed E-state index contributed by atoms with van der Waals surface area (Å²) >= 11 is 4.83. The molecule has 0 N–H and O–H groups in total. The van der Waals surface area contributed by atoms with Gasteiger partial charge in [0.05, 0.1) is 0 Å². The molecule has 72 valence electrons. The largest absolute Gasteiger partial charge is 0.438 e. The van der Waals surface area contributed by atoms with Crippen molar-refractivity contribution in [3.63, 3.8) is 0 Å². The molecule has 0 saturated carbocycles. The van der Waals surface area contributed by atoms with Crippen molar-refractivity contribution in [3.8, 4) is 0 Å².